The summed E-state index contributed by atoms with van der Waals surface area (Å²) < 4.78 is 4.71. The Morgan fingerprint density at radius 2 is 2.37 bits per heavy atom. The first kappa shape index (κ1) is 13.7. The van der Waals surface area contributed by atoms with Crippen LogP contribution >= 0.6 is 0 Å². The Morgan fingerprint density at radius 1 is 1.58 bits per heavy atom. The topological polar surface area (TPSA) is 67.6 Å². The number of rotatable bonds is 4. The van der Waals surface area contributed by atoms with Gasteiger partial charge in [-0.15, -0.1) is 0 Å². The molecule has 1 aliphatic rings. The fourth-order valence-corrected chi connectivity index (χ4v) is 2.40. The van der Waals surface area contributed by atoms with E-state index in [2.05, 4.69) is 17.3 Å². The minimum absolute atomic E-state index is 0.344. The normalized spacial score (nSPS) is 19.4. The Morgan fingerprint density at radius 3 is 3.00 bits per heavy atom. The van der Waals surface area contributed by atoms with Crippen LogP contribution in [-0.4, -0.2) is 44.7 Å². The minimum Gasteiger partial charge on any atom is -0.465 e. The molecule has 0 spiro atoms. The number of carbonyl (C=O) groups excluding carboxylic acids is 1. The number of esters is 1. The number of nitrogen functional groups attached to an aromatic ring is 1. The standard InChI is InChI=1S/C14H21N3O2/c1-17-6-5-10(9-17)8-16-13-7-11(14(18)19-2)3-4-12(13)15/h3-4,7,10,16H,5-6,8-9,15H2,1-2H3. The predicted octanol–water partition coefficient (Wildman–Crippen LogP) is 1.42. The van der Waals surface area contributed by atoms with Crippen molar-refractivity contribution in [3.05, 3.63) is 23.8 Å². The number of methoxy groups -OCH3 is 1. The number of anilines is 2. The van der Waals surface area contributed by atoms with E-state index in [-0.39, 0.29) is 5.97 Å². The van der Waals surface area contributed by atoms with Gasteiger partial charge in [-0.2, -0.15) is 0 Å². The molecule has 0 amide bonds. The maximum Gasteiger partial charge on any atom is 0.337 e. The van der Waals surface area contributed by atoms with Crippen LogP contribution in [0.25, 0.3) is 0 Å². The molecule has 5 nitrogen and oxygen atoms in total. The fourth-order valence-electron chi connectivity index (χ4n) is 2.40. The summed E-state index contributed by atoms with van der Waals surface area (Å²) in [6.07, 6.45) is 1.19. The van der Waals surface area contributed by atoms with Crippen molar-refractivity contribution in [2.24, 2.45) is 5.92 Å². The quantitative estimate of drug-likeness (QED) is 0.635. The molecular weight excluding hydrogens is 242 g/mol. The lowest BCUT2D eigenvalue weighted by Gasteiger charge is -2.14. The molecule has 0 aliphatic carbocycles. The molecule has 0 bridgehead atoms. The Balaban J connectivity index is 2.00. The number of nitrogens with zero attached hydrogens (tertiary/aromatic N) is 1. The predicted molar refractivity (Wildman–Crippen MR) is 76.3 cm³/mol. The fraction of sp³-hybridized carbons (Fsp3) is 0.500. The van der Waals surface area contributed by atoms with Crippen molar-refractivity contribution in [2.75, 3.05) is 44.8 Å². The van der Waals surface area contributed by atoms with Gasteiger partial charge in [0.15, 0.2) is 0 Å². The van der Waals surface area contributed by atoms with Gasteiger partial charge in [0, 0.05) is 13.1 Å². The molecule has 1 unspecified atom stereocenters. The first-order valence-corrected chi connectivity index (χ1v) is 6.50. The molecule has 1 heterocycles. The van der Waals surface area contributed by atoms with Gasteiger partial charge in [0.05, 0.1) is 24.0 Å². The highest BCUT2D eigenvalue weighted by Gasteiger charge is 2.19. The highest BCUT2D eigenvalue weighted by molar-refractivity contribution is 5.91. The van der Waals surface area contributed by atoms with Gasteiger partial charge in [-0.05, 0) is 44.1 Å². The average Bonchev–Trinajstić information content (AvgIpc) is 2.82. The van der Waals surface area contributed by atoms with Crippen LogP contribution in [0, 0.1) is 5.92 Å². The molecule has 1 aliphatic heterocycles. The SMILES string of the molecule is COC(=O)c1ccc(N)c(NCC2CCN(C)C2)c1. The summed E-state index contributed by atoms with van der Waals surface area (Å²) in [5.74, 6) is 0.287. The molecule has 1 aromatic carbocycles. The van der Waals surface area contributed by atoms with Crippen molar-refractivity contribution in [2.45, 2.75) is 6.42 Å². The maximum absolute atomic E-state index is 11.5. The number of nitrogens with one attached hydrogen (secondary N) is 1. The largest absolute Gasteiger partial charge is 0.465 e. The molecule has 0 saturated carbocycles. The third-order valence-corrected chi connectivity index (χ3v) is 3.54. The molecule has 19 heavy (non-hydrogen) atoms. The zero-order chi connectivity index (χ0) is 13.8. The van der Waals surface area contributed by atoms with E-state index in [1.54, 1.807) is 18.2 Å². The van der Waals surface area contributed by atoms with Crippen LogP contribution in [0.3, 0.4) is 0 Å². The zero-order valence-corrected chi connectivity index (χ0v) is 11.5. The smallest absolute Gasteiger partial charge is 0.337 e. The summed E-state index contributed by atoms with van der Waals surface area (Å²) in [5.41, 5.74) is 7.89. The number of likely N-dealkylation sites (tertiary alicyclic amines) is 1. The van der Waals surface area contributed by atoms with Crippen LogP contribution in [0.1, 0.15) is 16.8 Å². The Kier molecular flexibility index (Phi) is 4.27. The molecule has 1 saturated heterocycles. The second-order valence-corrected chi connectivity index (χ2v) is 5.09. The molecule has 104 valence electrons. The van der Waals surface area contributed by atoms with E-state index in [0.717, 1.165) is 25.3 Å². The Hall–Kier alpha value is -1.75. The monoisotopic (exact) mass is 263 g/mol. The maximum atomic E-state index is 11.5. The summed E-state index contributed by atoms with van der Waals surface area (Å²) in [6.45, 7) is 3.12. The van der Waals surface area contributed by atoms with Crippen molar-refractivity contribution in [1.82, 2.24) is 4.90 Å². The van der Waals surface area contributed by atoms with Crippen LogP contribution in [0.15, 0.2) is 18.2 Å². The van der Waals surface area contributed by atoms with Gasteiger partial charge in [0.1, 0.15) is 0 Å². The van der Waals surface area contributed by atoms with E-state index in [4.69, 9.17) is 10.5 Å². The van der Waals surface area contributed by atoms with Crippen LogP contribution < -0.4 is 11.1 Å². The number of benzene rings is 1. The van der Waals surface area contributed by atoms with E-state index < -0.39 is 0 Å². The van der Waals surface area contributed by atoms with Crippen molar-refractivity contribution in [1.29, 1.82) is 0 Å². The van der Waals surface area contributed by atoms with Crippen molar-refractivity contribution in [3.8, 4) is 0 Å². The Bertz CT molecular complexity index is 462. The van der Waals surface area contributed by atoms with E-state index in [1.807, 2.05) is 0 Å². The first-order chi connectivity index (χ1) is 9.10. The van der Waals surface area contributed by atoms with Gasteiger partial charge < -0.3 is 20.7 Å². The molecule has 0 aromatic heterocycles. The van der Waals surface area contributed by atoms with Crippen molar-refractivity contribution >= 4 is 17.3 Å². The number of nitrogens with two attached hydrogens (primary N) is 1. The number of hydrogen-bond donors (Lipinski definition) is 2. The van der Waals surface area contributed by atoms with Crippen LogP contribution in [0.5, 0.6) is 0 Å². The van der Waals surface area contributed by atoms with Gasteiger partial charge >= 0.3 is 5.97 Å². The van der Waals surface area contributed by atoms with Gasteiger partial charge in [-0.1, -0.05) is 0 Å². The highest BCUT2D eigenvalue weighted by Crippen LogP contribution is 2.22. The minimum atomic E-state index is -0.344. The number of hydrogen-bond acceptors (Lipinski definition) is 5. The molecule has 0 radical (unpaired) electrons. The third-order valence-electron chi connectivity index (χ3n) is 3.54. The summed E-state index contributed by atoms with van der Waals surface area (Å²) in [5, 5.41) is 3.34. The molecule has 2 rings (SSSR count). The molecule has 1 fully saturated rings. The van der Waals surface area contributed by atoms with Gasteiger partial charge in [-0.3, -0.25) is 0 Å². The van der Waals surface area contributed by atoms with E-state index in [9.17, 15) is 4.79 Å². The number of ether oxygens (including phenoxy) is 1. The lowest BCUT2D eigenvalue weighted by molar-refractivity contribution is 0.0601. The highest BCUT2D eigenvalue weighted by atomic mass is 16.5. The van der Waals surface area contributed by atoms with Gasteiger partial charge in [0.2, 0.25) is 0 Å². The summed E-state index contributed by atoms with van der Waals surface area (Å²) in [4.78, 5) is 13.8. The van der Waals surface area contributed by atoms with Gasteiger partial charge in [0.25, 0.3) is 0 Å². The second kappa shape index (κ2) is 5.93. The molecule has 5 heteroatoms. The Labute approximate surface area is 113 Å². The van der Waals surface area contributed by atoms with E-state index in [0.29, 0.717) is 17.2 Å². The molecule has 1 atom stereocenters. The number of carbonyl (C=O) groups is 1. The summed E-state index contributed by atoms with van der Waals surface area (Å²) in [6, 6.07) is 5.16. The van der Waals surface area contributed by atoms with Gasteiger partial charge in [-0.25, -0.2) is 4.79 Å². The van der Waals surface area contributed by atoms with Crippen LogP contribution in [-0.2, 0) is 4.74 Å². The molecular formula is C14H21N3O2. The van der Waals surface area contributed by atoms with E-state index >= 15 is 0 Å². The van der Waals surface area contributed by atoms with E-state index in [1.165, 1.54) is 13.5 Å². The van der Waals surface area contributed by atoms with Crippen LogP contribution in [0.2, 0.25) is 0 Å². The molecule has 3 N–H and O–H groups in total. The lowest BCUT2D eigenvalue weighted by atomic mass is 10.1. The molecule has 1 aromatic rings. The van der Waals surface area contributed by atoms with Crippen molar-refractivity contribution < 1.29 is 9.53 Å². The first-order valence-electron chi connectivity index (χ1n) is 6.50. The average molecular weight is 263 g/mol. The summed E-state index contributed by atoms with van der Waals surface area (Å²) in [7, 11) is 3.51. The van der Waals surface area contributed by atoms with Crippen LogP contribution in [0.4, 0.5) is 11.4 Å². The lowest BCUT2D eigenvalue weighted by Crippen LogP contribution is -2.19. The summed E-state index contributed by atoms with van der Waals surface area (Å²) >= 11 is 0. The second-order valence-electron chi connectivity index (χ2n) is 5.09. The third kappa shape index (κ3) is 3.38. The zero-order valence-electron chi connectivity index (χ0n) is 11.5. The van der Waals surface area contributed by atoms with Crippen molar-refractivity contribution in [3.63, 3.8) is 0 Å².